The molecule has 2 aliphatic rings. The fourth-order valence-corrected chi connectivity index (χ4v) is 10.7. The second kappa shape index (κ2) is 9.00. The summed E-state index contributed by atoms with van der Waals surface area (Å²) in [6.45, 7) is 8.03. The van der Waals surface area contributed by atoms with Crippen molar-refractivity contribution in [1.82, 2.24) is 0 Å². The first kappa shape index (κ1) is 22.3. The predicted octanol–water partition coefficient (Wildman–Crippen LogP) is 5.91. The SMILES string of the molecule is CCOP(=O)(OCC)C1=C(P(=O)(OCC)OCC)[C@@H]2C[C@H]1[C@@H](Br)[C@@H]2Br. The van der Waals surface area contributed by atoms with Crippen molar-refractivity contribution in [2.24, 2.45) is 11.8 Å². The smallest absolute Gasteiger partial charge is 0.306 e. The number of alkyl halides is 2. The van der Waals surface area contributed by atoms with Crippen LogP contribution in [0.15, 0.2) is 10.6 Å². The van der Waals surface area contributed by atoms with E-state index < -0.39 is 15.2 Å². The summed E-state index contributed by atoms with van der Waals surface area (Å²) >= 11 is 7.37. The molecule has 0 aromatic carbocycles. The quantitative estimate of drug-likeness (QED) is 0.262. The zero-order valence-electron chi connectivity index (χ0n) is 14.9. The molecule has 6 nitrogen and oxygen atoms in total. The third-order valence-corrected chi connectivity index (χ3v) is 12.4. The van der Waals surface area contributed by atoms with Gasteiger partial charge in [0.2, 0.25) is 0 Å². The van der Waals surface area contributed by atoms with Gasteiger partial charge < -0.3 is 18.1 Å². The van der Waals surface area contributed by atoms with Crippen LogP contribution in [0.2, 0.25) is 0 Å². The summed E-state index contributed by atoms with van der Waals surface area (Å²) in [4.78, 5) is 0.115. The molecule has 0 aromatic rings. The normalized spacial score (nSPS) is 29.7. The topological polar surface area (TPSA) is 71.1 Å². The summed E-state index contributed by atoms with van der Waals surface area (Å²) in [6, 6.07) is 0. The first-order valence-electron chi connectivity index (χ1n) is 8.61. The lowest BCUT2D eigenvalue weighted by Gasteiger charge is -2.33. The Labute approximate surface area is 166 Å². The van der Waals surface area contributed by atoms with Crippen LogP contribution in [0.5, 0.6) is 0 Å². The lowest BCUT2D eigenvalue weighted by atomic mass is 10.1. The molecule has 0 amide bonds. The van der Waals surface area contributed by atoms with E-state index in [-0.39, 0.29) is 47.9 Å². The number of allylic oxidation sites excluding steroid dienone is 2. The van der Waals surface area contributed by atoms with Gasteiger partial charge in [-0.15, -0.1) is 0 Å². The first-order chi connectivity index (χ1) is 11.8. The van der Waals surface area contributed by atoms with E-state index in [1.54, 1.807) is 27.7 Å². The van der Waals surface area contributed by atoms with Crippen LogP contribution >= 0.6 is 47.1 Å². The Kier molecular flexibility index (Phi) is 8.02. The van der Waals surface area contributed by atoms with Gasteiger partial charge in [-0.1, -0.05) is 31.9 Å². The van der Waals surface area contributed by atoms with Crippen molar-refractivity contribution in [3.8, 4) is 0 Å². The molecule has 2 rings (SSSR count). The third kappa shape index (κ3) is 4.07. The minimum atomic E-state index is -3.58. The summed E-state index contributed by atoms with van der Waals surface area (Å²) in [5, 5.41) is 0.980. The summed E-state index contributed by atoms with van der Waals surface area (Å²) in [5.74, 6) is -0.190. The van der Waals surface area contributed by atoms with Crippen LogP contribution in [0, 0.1) is 11.8 Å². The molecule has 0 spiro atoms. The molecule has 1 fully saturated rings. The molecule has 0 aromatic heterocycles. The Morgan fingerprint density at radius 1 is 0.760 bits per heavy atom. The molecule has 146 valence electrons. The third-order valence-electron chi connectivity index (χ3n) is 4.33. The second-order valence-electron chi connectivity index (χ2n) is 5.77. The second-order valence-corrected chi connectivity index (χ2v) is 11.9. The van der Waals surface area contributed by atoms with Crippen molar-refractivity contribution in [1.29, 1.82) is 0 Å². The van der Waals surface area contributed by atoms with E-state index in [0.717, 1.165) is 0 Å². The van der Waals surface area contributed by atoms with Gasteiger partial charge in [-0.25, -0.2) is 0 Å². The molecule has 2 aliphatic carbocycles. The molecule has 2 bridgehead atoms. The van der Waals surface area contributed by atoms with Gasteiger partial charge in [-0.3, -0.25) is 9.13 Å². The van der Waals surface area contributed by atoms with Gasteiger partial charge in [-0.2, -0.15) is 0 Å². The van der Waals surface area contributed by atoms with E-state index in [1.807, 2.05) is 0 Å². The monoisotopic (exact) mass is 522 g/mol. The molecule has 0 unspecified atom stereocenters. The number of fused-ring (bicyclic) bond motifs is 2. The van der Waals surface area contributed by atoms with Crippen LogP contribution in [-0.4, -0.2) is 36.1 Å². The number of halogens is 2. The fourth-order valence-electron chi connectivity index (χ4n) is 3.60. The van der Waals surface area contributed by atoms with Crippen molar-refractivity contribution >= 4 is 47.1 Å². The Morgan fingerprint density at radius 3 is 1.28 bits per heavy atom. The summed E-state index contributed by atoms with van der Waals surface area (Å²) in [7, 11) is -7.15. The molecule has 0 radical (unpaired) electrons. The van der Waals surface area contributed by atoms with Gasteiger partial charge in [0.15, 0.2) is 0 Å². The highest BCUT2D eigenvalue weighted by molar-refractivity contribution is 9.12. The van der Waals surface area contributed by atoms with E-state index in [9.17, 15) is 9.13 Å². The molecule has 4 atom stereocenters. The predicted molar refractivity (Wildman–Crippen MR) is 106 cm³/mol. The van der Waals surface area contributed by atoms with Crippen molar-refractivity contribution in [2.75, 3.05) is 26.4 Å². The molecule has 1 saturated carbocycles. The molecular weight excluding hydrogens is 498 g/mol. The van der Waals surface area contributed by atoms with Gasteiger partial charge in [-0.05, 0) is 34.1 Å². The highest BCUT2D eigenvalue weighted by Gasteiger charge is 2.60. The summed E-state index contributed by atoms with van der Waals surface area (Å²) < 4.78 is 49.4. The average molecular weight is 524 g/mol. The van der Waals surface area contributed by atoms with Crippen molar-refractivity contribution in [2.45, 2.75) is 43.8 Å². The highest BCUT2D eigenvalue weighted by atomic mass is 79.9. The van der Waals surface area contributed by atoms with E-state index in [1.165, 1.54) is 0 Å². The molecule has 0 aliphatic heterocycles. The molecule has 25 heavy (non-hydrogen) atoms. The maximum atomic E-state index is 13.6. The minimum absolute atomic E-state index is 0.0576. The Hall–Kier alpha value is 1.000. The van der Waals surface area contributed by atoms with Crippen LogP contribution in [0.3, 0.4) is 0 Å². The summed E-state index contributed by atoms with van der Waals surface area (Å²) in [6.07, 6.45) is 0.713. The zero-order chi connectivity index (χ0) is 18.8. The number of hydrogen-bond acceptors (Lipinski definition) is 6. The standard InChI is InChI=1S/C15H26Br2O6P2/c1-5-20-24(18,21-6-2)14-10-9-11(13(17)12(10)16)15(14)25(19,22-7-3)23-8-4/h10-13H,5-9H2,1-4H3/t10-,11+,12-,13-/m1/s1. The van der Waals surface area contributed by atoms with E-state index in [2.05, 4.69) is 31.9 Å². The number of rotatable bonds is 10. The van der Waals surface area contributed by atoms with Gasteiger partial charge in [0, 0.05) is 21.5 Å². The summed E-state index contributed by atoms with van der Waals surface area (Å²) in [5.41, 5.74) is 0. The lowest BCUT2D eigenvalue weighted by Crippen LogP contribution is -2.26. The van der Waals surface area contributed by atoms with Crippen LogP contribution in [0.1, 0.15) is 34.1 Å². The Balaban J connectivity index is 2.66. The van der Waals surface area contributed by atoms with Gasteiger partial charge in [0.25, 0.3) is 0 Å². The van der Waals surface area contributed by atoms with Crippen LogP contribution < -0.4 is 0 Å². The molecule has 10 heteroatoms. The molecule has 0 saturated heterocycles. The minimum Gasteiger partial charge on any atom is -0.306 e. The molecule has 0 N–H and O–H groups in total. The van der Waals surface area contributed by atoms with Crippen LogP contribution in [0.4, 0.5) is 0 Å². The van der Waals surface area contributed by atoms with E-state index in [0.29, 0.717) is 17.0 Å². The maximum absolute atomic E-state index is 13.6. The maximum Gasteiger partial charge on any atom is 0.358 e. The van der Waals surface area contributed by atoms with Crippen molar-refractivity contribution in [3.63, 3.8) is 0 Å². The van der Waals surface area contributed by atoms with Gasteiger partial charge in [0.05, 0.1) is 37.1 Å². The van der Waals surface area contributed by atoms with Crippen LogP contribution in [0.25, 0.3) is 0 Å². The first-order valence-corrected chi connectivity index (χ1v) is 13.5. The van der Waals surface area contributed by atoms with E-state index in [4.69, 9.17) is 18.1 Å². The Bertz CT molecular complexity index is 541. The van der Waals surface area contributed by atoms with Gasteiger partial charge >= 0.3 is 15.2 Å². The van der Waals surface area contributed by atoms with Crippen molar-refractivity contribution in [3.05, 3.63) is 10.6 Å². The van der Waals surface area contributed by atoms with E-state index >= 15 is 0 Å². The van der Waals surface area contributed by atoms with Gasteiger partial charge in [0.1, 0.15) is 0 Å². The molecule has 0 heterocycles. The van der Waals surface area contributed by atoms with Crippen LogP contribution in [-0.2, 0) is 27.2 Å². The zero-order valence-corrected chi connectivity index (χ0v) is 19.9. The fraction of sp³-hybridized carbons (Fsp3) is 0.867. The highest BCUT2D eigenvalue weighted by Crippen LogP contribution is 2.77. The largest absolute Gasteiger partial charge is 0.358 e. The van der Waals surface area contributed by atoms with Crippen molar-refractivity contribution < 1.29 is 27.2 Å². The average Bonchev–Trinajstić information content (AvgIpc) is 3.07. The number of hydrogen-bond donors (Lipinski definition) is 0. The Morgan fingerprint density at radius 2 is 1.04 bits per heavy atom. The molecular formula is C15H26Br2O6P2. The lowest BCUT2D eigenvalue weighted by molar-refractivity contribution is 0.218.